The molecule has 0 saturated carbocycles. The number of aromatic nitrogens is 1. The number of fused-ring (bicyclic) bond motifs is 1. The molecule has 0 bridgehead atoms. The van der Waals surface area contributed by atoms with E-state index >= 15 is 0 Å². The number of hydrogen-bond acceptors (Lipinski definition) is 3. The highest BCUT2D eigenvalue weighted by atomic mass is 32.1. The van der Waals surface area contributed by atoms with Crippen molar-refractivity contribution < 1.29 is 0 Å². The molecule has 1 aliphatic rings. The SMILES string of the molecule is Cc1cc(C=Nc2sc3c(c2C#N)CCCC3)c(C)n1-c1ccccc1. The van der Waals surface area contributed by atoms with Gasteiger partial charge < -0.3 is 4.57 Å². The van der Waals surface area contributed by atoms with Crippen LogP contribution in [0, 0.1) is 25.2 Å². The molecule has 2 aromatic heterocycles. The first-order valence-corrected chi connectivity index (χ1v) is 9.83. The summed E-state index contributed by atoms with van der Waals surface area (Å²) in [6.45, 7) is 4.23. The van der Waals surface area contributed by atoms with E-state index in [0.29, 0.717) is 0 Å². The van der Waals surface area contributed by atoms with Crippen molar-refractivity contribution in [1.82, 2.24) is 4.57 Å². The molecule has 0 spiro atoms. The largest absolute Gasteiger partial charge is 0.318 e. The van der Waals surface area contributed by atoms with E-state index < -0.39 is 0 Å². The molecule has 2 heterocycles. The minimum Gasteiger partial charge on any atom is -0.318 e. The molecule has 1 aliphatic carbocycles. The van der Waals surface area contributed by atoms with E-state index in [9.17, 15) is 5.26 Å². The Morgan fingerprint density at radius 3 is 2.69 bits per heavy atom. The van der Waals surface area contributed by atoms with Gasteiger partial charge in [-0.15, -0.1) is 11.3 Å². The lowest BCUT2D eigenvalue weighted by Crippen LogP contribution is -1.99. The molecule has 4 heteroatoms. The van der Waals surface area contributed by atoms with Crippen LogP contribution >= 0.6 is 11.3 Å². The second-order valence-electron chi connectivity index (χ2n) is 6.76. The summed E-state index contributed by atoms with van der Waals surface area (Å²) in [5.74, 6) is 0. The quantitative estimate of drug-likeness (QED) is 0.557. The summed E-state index contributed by atoms with van der Waals surface area (Å²) in [6.07, 6.45) is 6.43. The zero-order valence-corrected chi connectivity index (χ0v) is 15.9. The number of nitriles is 1. The number of aryl methyl sites for hydroxylation is 2. The maximum atomic E-state index is 9.59. The lowest BCUT2D eigenvalue weighted by atomic mass is 9.96. The second kappa shape index (κ2) is 6.93. The number of aliphatic imine (C=N–C) groups is 1. The van der Waals surface area contributed by atoms with Crippen LogP contribution in [0.2, 0.25) is 0 Å². The van der Waals surface area contributed by atoms with Crippen LogP contribution in [-0.4, -0.2) is 10.8 Å². The third-order valence-corrected chi connectivity index (χ3v) is 6.27. The third kappa shape index (κ3) is 2.89. The topological polar surface area (TPSA) is 41.1 Å². The lowest BCUT2D eigenvalue weighted by Gasteiger charge is -2.09. The summed E-state index contributed by atoms with van der Waals surface area (Å²) < 4.78 is 2.24. The van der Waals surface area contributed by atoms with Gasteiger partial charge >= 0.3 is 0 Å². The second-order valence-corrected chi connectivity index (χ2v) is 7.84. The average Bonchev–Trinajstić information content (AvgIpc) is 3.16. The minimum atomic E-state index is 0.790. The van der Waals surface area contributed by atoms with E-state index in [1.165, 1.54) is 29.0 Å². The predicted molar refractivity (Wildman–Crippen MR) is 108 cm³/mol. The van der Waals surface area contributed by atoms with Crippen LogP contribution in [0.5, 0.6) is 0 Å². The van der Waals surface area contributed by atoms with Crippen molar-refractivity contribution in [2.75, 3.05) is 0 Å². The van der Waals surface area contributed by atoms with Gasteiger partial charge in [0.25, 0.3) is 0 Å². The van der Waals surface area contributed by atoms with Crippen molar-refractivity contribution in [3.8, 4) is 11.8 Å². The highest BCUT2D eigenvalue weighted by Gasteiger charge is 2.20. The van der Waals surface area contributed by atoms with Crippen molar-refractivity contribution in [3.63, 3.8) is 0 Å². The molecule has 4 rings (SSSR count). The maximum absolute atomic E-state index is 9.59. The Balaban J connectivity index is 1.71. The average molecular weight is 359 g/mol. The van der Waals surface area contributed by atoms with Crippen molar-refractivity contribution >= 4 is 22.6 Å². The first-order chi connectivity index (χ1) is 12.7. The fourth-order valence-corrected chi connectivity index (χ4v) is 4.96. The fourth-order valence-electron chi connectivity index (χ4n) is 3.78. The van der Waals surface area contributed by atoms with Crippen molar-refractivity contribution in [1.29, 1.82) is 5.26 Å². The van der Waals surface area contributed by atoms with Crippen molar-refractivity contribution in [3.05, 3.63) is 69.4 Å². The van der Waals surface area contributed by atoms with Gasteiger partial charge in [-0.25, -0.2) is 4.99 Å². The Labute approximate surface area is 158 Å². The van der Waals surface area contributed by atoms with Crippen LogP contribution < -0.4 is 0 Å². The Hall–Kier alpha value is -2.64. The number of para-hydroxylation sites is 1. The Kier molecular flexibility index (Phi) is 4.48. The summed E-state index contributed by atoms with van der Waals surface area (Å²) in [7, 11) is 0. The number of thiophene rings is 1. The zero-order valence-electron chi connectivity index (χ0n) is 15.1. The molecule has 0 radical (unpaired) electrons. The van der Waals surface area contributed by atoms with Gasteiger partial charge in [0.2, 0.25) is 0 Å². The van der Waals surface area contributed by atoms with Crippen molar-refractivity contribution in [2.45, 2.75) is 39.5 Å². The first kappa shape index (κ1) is 16.8. The fraction of sp³-hybridized carbons (Fsp3) is 0.273. The molecule has 0 aliphatic heterocycles. The van der Waals surface area contributed by atoms with E-state index in [1.54, 1.807) is 11.3 Å². The van der Waals surface area contributed by atoms with Crippen LogP contribution in [-0.2, 0) is 12.8 Å². The van der Waals surface area contributed by atoms with E-state index in [2.05, 4.69) is 54.8 Å². The maximum Gasteiger partial charge on any atom is 0.134 e. The number of benzene rings is 1. The molecule has 0 unspecified atom stereocenters. The van der Waals surface area contributed by atoms with Crippen LogP contribution in [0.15, 0.2) is 41.4 Å². The molecule has 3 nitrogen and oxygen atoms in total. The Morgan fingerprint density at radius 2 is 1.92 bits per heavy atom. The van der Waals surface area contributed by atoms with Gasteiger partial charge in [-0.3, -0.25) is 0 Å². The molecule has 3 aromatic rings. The van der Waals surface area contributed by atoms with E-state index in [1.807, 2.05) is 12.3 Å². The van der Waals surface area contributed by atoms with E-state index in [4.69, 9.17) is 4.99 Å². The van der Waals surface area contributed by atoms with Gasteiger partial charge in [-0.1, -0.05) is 18.2 Å². The van der Waals surface area contributed by atoms with Crippen LogP contribution in [0.1, 0.15) is 45.8 Å². The molecule has 130 valence electrons. The summed E-state index contributed by atoms with van der Waals surface area (Å²) in [5.41, 5.74) is 6.63. The number of nitrogens with zero attached hydrogens (tertiary/aromatic N) is 3. The van der Waals surface area contributed by atoms with Gasteiger partial charge in [0, 0.05) is 33.7 Å². The molecule has 0 atom stereocenters. The molecule has 0 saturated heterocycles. The van der Waals surface area contributed by atoms with E-state index in [-0.39, 0.29) is 0 Å². The monoisotopic (exact) mass is 359 g/mol. The highest BCUT2D eigenvalue weighted by molar-refractivity contribution is 7.16. The molecule has 0 N–H and O–H groups in total. The predicted octanol–water partition coefficient (Wildman–Crippen LogP) is 5.66. The normalized spacial score (nSPS) is 13.7. The zero-order chi connectivity index (χ0) is 18.1. The van der Waals surface area contributed by atoms with Gasteiger partial charge in [0.15, 0.2) is 0 Å². The first-order valence-electron chi connectivity index (χ1n) is 9.02. The number of hydrogen-bond donors (Lipinski definition) is 0. The summed E-state index contributed by atoms with van der Waals surface area (Å²) in [6, 6.07) is 14.9. The Bertz CT molecular complexity index is 1020. The van der Waals surface area contributed by atoms with Gasteiger partial charge in [0.05, 0.1) is 5.56 Å². The molecular weight excluding hydrogens is 338 g/mol. The van der Waals surface area contributed by atoms with Gasteiger partial charge in [0.1, 0.15) is 11.1 Å². The van der Waals surface area contributed by atoms with Gasteiger partial charge in [-0.2, -0.15) is 5.26 Å². The highest BCUT2D eigenvalue weighted by Crippen LogP contribution is 2.39. The lowest BCUT2D eigenvalue weighted by molar-refractivity contribution is 0.696. The van der Waals surface area contributed by atoms with E-state index in [0.717, 1.165) is 40.4 Å². The molecule has 0 fully saturated rings. The number of rotatable bonds is 3. The standard InChI is InChI=1S/C22H21N3S/c1-15-12-17(16(2)25(15)18-8-4-3-5-9-18)14-24-22-20(13-23)19-10-6-7-11-21(19)26-22/h3-5,8-9,12,14H,6-7,10-11H2,1-2H3. The summed E-state index contributed by atoms with van der Waals surface area (Å²) >= 11 is 1.69. The minimum absolute atomic E-state index is 0.790. The third-order valence-electron chi connectivity index (χ3n) is 5.07. The van der Waals surface area contributed by atoms with Crippen LogP contribution in [0.25, 0.3) is 5.69 Å². The summed E-state index contributed by atoms with van der Waals surface area (Å²) in [4.78, 5) is 6.08. The smallest absolute Gasteiger partial charge is 0.134 e. The van der Waals surface area contributed by atoms with Gasteiger partial charge in [-0.05, 0) is 63.3 Å². The molecule has 26 heavy (non-hydrogen) atoms. The molecule has 0 amide bonds. The van der Waals surface area contributed by atoms with Crippen molar-refractivity contribution in [2.24, 2.45) is 4.99 Å². The summed E-state index contributed by atoms with van der Waals surface area (Å²) in [5, 5.41) is 10.5. The van der Waals surface area contributed by atoms with Crippen LogP contribution in [0.3, 0.4) is 0 Å². The Morgan fingerprint density at radius 1 is 1.15 bits per heavy atom. The molecule has 1 aromatic carbocycles. The van der Waals surface area contributed by atoms with Crippen LogP contribution in [0.4, 0.5) is 5.00 Å². The molecular formula is C22H21N3S.